The molecule has 1 heteroatoms. The first-order valence-electron chi connectivity index (χ1n) is 6.97. The fourth-order valence-corrected chi connectivity index (χ4v) is 3.03. The van der Waals surface area contributed by atoms with Crippen molar-refractivity contribution in [3.63, 3.8) is 0 Å². The molecular weight excluding hydrogens is 206 g/mol. The van der Waals surface area contributed by atoms with Crippen molar-refractivity contribution in [2.75, 3.05) is 13.6 Å². The normalized spacial score (nSPS) is 22.5. The fourth-order valence-electron chi connectivity index (χ4n) is 3.03. The summed E-state index contributed by atoms with van der Waals surface area (Å²) in [5.41, 5.74) is 3.43. The van der Waals surface area contributed by atoms with E-state index in [9.17, 15) is 0 Å². The van der Waals surface area contributed by atoms with Gasteiger partial charge in [-0.1, -0.05) is 36.2 Å². The predicted molar refractivity (Wildman–Crippen MR) is 72.4 cm³/mol. The van der Waals surface area contributed by atoms with Crippen LogP contribution < -0.4 is 0 Å². The lowest BCUT2D eigenvalue weighted by Crippen LogP contribution is -2.41. The van der Waals surface area contributed by atoms with Gasteiger partial charge in [-0.3, -0.25) is 0 Å². The van der Waals surface area contributed by atoms with Gasteiger partial charge in [-0.25, -0.2) is 0 Å². The van der Waals surface area contributed by atoms with Gasteiger partial charge in [0, 0.05) is 18.0 Å². The summed E-state index contributed by atoms with van der Waals surface area (Å²) in [6.45, 7) is 3.44. The maximum Gasteiger partial charge on any atom is 0.00925 e. The smallest absolute Gasteiger partial charge is 0.00925 e. The summed E-state index contributed by atoms with van der Waals surface area (Å²) in [6.07, 6.45) is 7.04. The van der Waals surface area contributed by atoms with Crippen molar-refractivity contribution in [2.24, 2.45) is 0 Å². The molecule has 1 aromatic rings. The zero-order valence-electron chi connectivity index (χ0n) is 11.1. The van der Waals surface area contributed by atoms with Gasteiger partial charge < -0.3 is 4.90 Å². The van der Waals surface area contributed by atoms with Crippen LogP contribution in [0.25, 0.3) is 0 Å². The summed E-state index contributed by atoms with van der Waals surface area (Å²) in [4.78, 5) is 2.61. The van der Waals surface area contributed by atoms with Gasteiger partial charge in [0.15, 0.2) is 0 Å². The summed E-state index contributed by atoms with van der Waals surface area (Å²) in [5.74, 6) is 0. The first-order chi connectivity index (χ1) is 8.20. The van der Waals surface area contributed by atoms with Gasteiger partial charge in [-0.05, 0) is 45.2 Å². The SMILES string of the molecule is Cc1ccc(C2(CN(C)C3CCC3)CC2)cc1. The van der Waals surface area contributed by atoms with Crippen molar-refractivity contribution in [1.29, 1.82) is 0 Å². The second-order valence-corrected chi connectivity index (χ2v) is 6.15. The number of hydrogen-bond donors (Lipinski definition) is 0. The van der Waals surface area contributed by atoms with Crippen LogP contribution in [0.3, 0.4) is 0 Å². The highest BCUT2D eigenvalue weighted by Crippen LogP contribution is 2.49. The molecule has 0 saturated heterocycles. The Morgan fingerprint density at radius 2 is 1.82 bits per heavy atom. The molecule has 0 amide bonds. The van der Waals surface area contributed by atoms with Gasteiger partial charge in [-0.15, -0.1) is 0 Å². The van der Waals surface area contributed by atoms with Crippen LogP contribution in [0.4, 0.5) is 0 Å². The van der Waals surface area contributed by atoms with Crippen molar-refractivity contribution < 1.29 is 0 Å². The molecule has 2 aliphatic rings. The summed E-state index contributed by atoms with van der Waals surface area (Å²) >= 11 is 0. The van der Waals surface area contributed by atoms with Gasteiger partial charge in [0.25, 0.3) is 0 Å². The van der Waals surface area contributed by atoms with Gasteiger partial charge in [0.1, 0.15) is 0 Å². The molecule has 1 aromatic carbocycles. The van der Waals surface area contributed by atoms with E-state index >= 15 is 0 Å². The van der Waals surface area contributed by atoms with Crippen LogP contribution >= 0.6 is 0 Å². The number of aryl methyl sites for hydroxylation is 1. The molecule has 0 unspecified atom stereocenters. The van der Waals surface area contributed by atoms with Crippen LogP contribution in [0.1, 0.15) is 43.2 Å². The summed E-state index contributed by atoms with van der Waals surface area (Å²) in [6, 6.07) is 10.1. The molecule has 2 saturated carbocycles. The highest BCUT2D eigenvalue weighted by molar-refractivity contribution is 5.34. The Morgan fingerprint density at radius 3 is 2.29 bits per heavy atom. The molecule has 0 bridgehead atoms. The van der Waals surface area contributed by atoms with E-state index in [2.05, 4.69) is 43.1 Å². The molecule has 0 spiro atoms. The Hall–Kier alpha value is -0.820. The Labute approximate surface area is 105 Å². The lowest BCUT2D eigenvalue weighted by Gasteiger charge is -2.37. The maximum atomic E-state index is 2.61. The van der Waals surface area contributed by atoms with Gasteiger partial charge in [0.05, 0.1) is 0 Å². The molecule has 17 heavy (non-hydrogen) atoms. The molecule has 1 nitrogen and oxygen atoms in total. The van der Waals surface area contributed by atoms with E-state index in [1.165, 1.54) is 44.2 Å². The van der Waals surface area contributed by atoms with E-state index in [0.29, 0.717) is 5.41 Å². The number of rotatable bonds is 4. The van der Waals surface area contributed by atoms with Gasteiger partial charge in [-0.2, -0.15) is 0 Å². The van der Waals surface area contributed by atoms with Crippen LogP contribution in [0.2, 0.25) is 0 Å². The molecule has 3 rings (SSSR count). The first kappa shape index (κ1) is 11.3. The molecule has 92 valence electrons. The summed E-state index contributed by atoms with van der Waals surface area (Å²) in [5, 5.41) is 0. The van der Waals surface area contributed by atoms with Crippen LogP contribution in [-0.2, 0) is 5.41 Å². The van der Waals surface area contributed by atoms with E-state index in [0.717, 1.165) is 6.04 Å². The highest BCUT2D eigenvalue weighted by Gasteiger charge is 2.45. The largest absolute Gasteiger partial charge is 0.303 e. The molecule has 0 heterocycles. The van der Waals surface area contributed by atoms with E-state index in [1.54, 1.807) is 5.56 Å². The first-order valence-corrected chi connectivity index (χ1v) is 6.97. The van der Waals surface area contributed by atoms with Crippen molar-refractivity contribution in [3.05, 3.63) is 35.4 Å². The monoisotopic (exact) mass is 229 g/mol. The number of benzene rings is 1. The second-order valence-electron chi connectivity index (χ2n) is 6.15. The second kappa shape index (κ2) is 4.13. The van der Waals surface area contributed by atoms with Gasteiger partial charge in [0.2, 0.25) is 0 Å². The van der Waals surface area contributed by atoms with Crippen LogP contribution in [0.15, 0.2) is 24.3 Å². The summed E-state index contributed by atoms with van der Waals surface area (Å²) < 4.78 is 0. The molecular formula is C16H23N. The third kappa shape index (κ3) is 2.13. The maximum absolute atomic E-state index is 2.61. The molecule has 0 aromatic heterocycles. The number of hydrogen-bond acceptors (Lipinski definition) is 1. The predicted octanol–water partition coefficient (Wildman–Crippen LogP) is 3.51. The molecule has 0 aliphatic heterocycles. The van der Waals surface area contributed by atoms with E-state index in [-0.39, 0.29) is 0 Å². The van der Waals surface area contributed by atoms with Crippen molar-refractivity contribution >= 4 is 0 Å². The fraction of sp³-hybridized carbons (Fsp3) is 0.625. The lowest BCUT2D eigenvalue weighted by molar-refractivity contribution is 0.147. The average Bonchev–Trinajstić information content (AvgIpc) is 2.97. The zero-order valence-corrected chi connectivity index (χ0v) is 11.1. The van der Waals surface area contributed by atoms with Crippen LogP contribution in [0.5, 0.6) is 0 Å². The lowest BCUT2D eigenvalue weighted by atomic mass is 9.89. The van der Waals surface area contributed by atoms with Crippen molar-refractivity contribution in [2.45, 2.75) is 50.5 Å². The van der Waals surface area contributed by atoms with Crippen LogP contribution in [-0.4, -0.2) is 24.5 Å². The minimum atomic E-state index is 0.498. The molecule has 2 fully saturated rings. The Morgan fingerprint density at radius 1 is 1.18 bits per heavy atom. The highest BCUT2D eigenvalue weighted by atomic mass is 15.1. The Balaban J connectivity index is 1.70. The van der Waals surface area contributed by atoms with E-state index < -0.39 is 0 Å². The average molecular weight is 229 g/mol. The molecule has 0 N–H and O–H groups in total. The molecule has 0 radical (unpaired) electrons. The van der Waals surface area contributed by atoms with E-state index in [4.69, 9.17) is 0 Å². The van der Waals surface area contributed by atoms with Crippen LogP contribution in [0, 0.1) is 6.92 Å². The number of nitrogens with zero attached hydrogens (tertiary/aromatic N) is 1. The van der Waals surface area contributed by atoms with Crippen molar-refractivity contribution in [3.8, 4) is 0 Å². The molecule has 2 aliphatic carbocycles. The molecule has 0 atom stereocenters. The summed E-state index contributed by atoms with van der Waals surface area (Å²) in [7, 11) is 2.32. The quantitative estimate of drug-likeness (QED) is 0.763. The van der Waals surface area contributed by atoms with Gasteiger partial charge >= 0.3 is 0 Å². The topological polar surface area (TPSA) is 3.24 Å². The minimum Gasteiger partial charge on any atom is -0.303 e. The van der Waals surface area contributed by atoms with Crippen molar-refractivity contribution in [1.82, 2.24) is 4.90 Å². The third-order valence-corrected chi connectivity index (χ3v) is 4.77. The third-order valence-electron chi connectivity index (χ3n) is 4.77. The Kier molecular flexibility index (Phi) is 2.74. The Bertz CT molecular complexity index is 384. The zero-order chi connectivity index (χ0) is 11.9. The minimum absolute atomic E-state index is 0.498. The standard InChI is InChI=1S/C16H23N/c1-13-6-8-14(9-7-13)16(10-11-16)12-17(2)15-4-3-5-15/h6-9,15H,3-5,10-12H2,1-2H3. The number of likely N-dealkylation sites (N-methyl/N-ethyl adjacent to an activating group) is 1. The van der Waals surface area contributed by atoms with E-state index in [1.807, 2.05) is 0 Å².